The summed E-state index contributed by atoms with van der Waals surface area (Å²) in [7, 11) is 0. The van der Waals surface area contributed by atoms with Crippen LogP contribution < -0.4 is 0 Å². The Labute approximate surface area is 140 Å². The van der Waals surface area contributed by atoms with Crippen LogP contribution in [0.25, 0.3) is 0 Å². The highest BCUT2D eigenvalue weighted by Crippen LogP contribution is 2.42. The van der Waals surface area contributed by atoms with E-state index in [1.165, 1.54) is 5.56 Å². The van der Waals surface area contributed by atoms with Gasteiger partial charge in [0.2, 0.25) is 0 Å². The number of carbonyl (C=O) groups excluding carboxylic acids is 1. The van der Waals surface area contributed by atoms with Crippen molar-refractivity contribution in [1.82, 2.24) is 0 Å². The first-order chi connectivity index (χ1) is 10.8. The standard InChI is InChI=1S/C21H28O2/c1-20(2,3)19(22)23-21(4,18-14-15-18)16-10-6-9-13-17-11-7-5-8-12-17/h5,7-8,11-12,18H,6,9,13-15H2,1-4H3. The Balaban J connectivity index is 1.88. The van der Waals surface area contributed by atoms with Gasteiger partial charge in [-0.2, -0.15) is 0 Å². The first kappa shape index (κ1) is 17.6. The van der Waals surface area contributed by atoms with E-state index in [2.05, 4.69) is 36.1 Å². The lowest BCUT2D eigenvalue weighted by Gasteiger charge is -2.28. The van der Waals surface area contributed by atoms with Crippen molar-refractivity contribution in [1.29, 1.82) is 0 Å². The van der Waals surface area contributed by atoms with Crippen molar-refractivity contribution >= 4 is 5.97 Å². The van der Waals surface area contributed by atoms with E-state index in [9.17, 15) is 4.79 Å². The first-order valence-electron chi connectivity index (χ1n) is 8.59. The summed E-state index contributed by atoms with van der Waals surface area (Å²) < 4.78 is 5.78. The summed E-state index contributed by atoms with van der Waals surface area (Å²) in [5, 5.41) is 0. The van der Waals surface area contributed by atoms with Gasteiger partial charge in [-0.3, -0.25) is 4.79 Å². The van der Waals surface area contributed by atoms with Crippen LogP contribution in [0, 0.1) is 23.2 Å². The number of hydrogen-bond acceptors (Lipinski definition) is 2. The van der Waals surface area contributed by atoms with Crippen LogP contribution >= 0.6 is 0 Å². The van der Waals surface area contributed by atoms with Crippen LogP contribution in [0.1, 0.15) is 58.9 Å². The van der Waals surface area contributed by atoms with Crippen molar-refractivity contribution in [3.8, 4) is 11.8 Å². The molecular formula is C21H28O2. The van der Waals surface area contributed by atoms with Crippen LogP contribution in [-0.2, 0) is 16.0 Å². The van der Waals surface area contributed by atoms with Crippen molar-refractivity contribution in [3.63, 3.8) is 0 Å². The van der Waals surface area contributed by atoms with E-state index >= 15 is 0 Å². The summed E-state index contributed by atoms with van der Waals surface area (Å²) in [5.41, 5.74) is 0.251. The lowest BCUT2D eigenvalue weighted by atomic mass is 9.95. The van der Waals surface area contributed by atoms with Crippen molar-refractivity contribution < 1.29 is 9.53 Å². The average molecular weight is 312 g/mol. The molecule has 2 nitrogen and oxygen atoms in total. The topological polar surface area (TPSA) is 26.3 Å². The number of benzene rings is 1. The number of esters is 1. The highest BCUT2D eigenvalue weighted by Gasteiger charge is 2.45. The minimum atomic E-state index is -0.614. The zero-order valence-corrected chi connectivity index (χ0v) is 14.8. The van der Waals surface area contributed by atoms with Gasteiger partial charge >= 0.3 is 5.97 Å². The lowest BCUT2D eigenvalue weighted by Crippen LogP contribution is -2.37. The Morgan fingerprint density at radius 2 is 1.83 bits per heavy atom. The molecule has 1 aromatic carbocycles. The molecule has 0 radical (unpaired) electrons. The van der Waals surface area contributed by atoms with Gasteiger partial charge < -0.3 is 4.74 Å². The molecule has 2 heteroatoms. The van der Waals surface area contributed by atoms with Gasteiger partial charge in [-0.15, -0.1) is 0 Å². The second kappa shape index (κ2) is 7.21. The van der Waals surface area contributed by atoms with E-state index in [0.29, 0.717) is 5.92 Å². The Morgan fingerprint density at radius 3 is 2.39 bits per heavy atom. The zero-order chi connectivity index (χ0) is 16.9. The Hall–Kier alpha value is -1.75. The molecule has 1 aliphatic carbocycles. The summed E-state index contributed by atoms with van der Waals surface area (Å²) in [5.74, 6) is 6.74. The van der Waals surface area contributed by atoms with Crippen molar-refractivity contribution in [2.75, 3.05) is 0 Å². The van der Waals surface area contributed by atoms with Gasteiger partial charge in [0.15, 0.2) is 5.60 Å². The summed E-state index contributed by atoms with van der Waals surface area (Å²) >= 11 is 0. The third-order valence-corrected chi connectivity index (χ3v) is 4.22. The summed E-state index contributed by atoms with van der Waals surface area (Å²) in [4.78, 5) is 12.2. The lowest BCUT2D eigenvalue weighted by molar-refractivity contribution is -0.164. The largest absolute Gasteiger partial charge is 0.445 e. The minimum absolute atomic E-state index is 0.162. The van der Waals surface area contributed by atoms with Crippen molar-refractivity contribution in [2.24, 2.45) is 11.3 Å². The molecule has 0 spiro atoms. The molecule has 0 saturated heterocycles. The fraction of sp³-hybridized carbons (Fsp3) is 0.571. The molecule has 1 aliphatic rings. The molecular weight excluding hydrogens is 284 g/mol. The summed E-state index contributed by atoms with van der Waals surface area (Å²) in [6, 6.07) is 10.5. The predicted molar refractivity (Wildman–Crippen MR) is 93.8 cm³/mol. The molecule has 1 aromatic rings. The van der Waals surface area contributed by atoms with E-state index in [1.807, 2.05) is 33.8 Å². The van der Waals surface area contributed by atoms with Crippen molar-refractivity contribution in [2.45, 2.75) is 65.4 Å². The average Bonchev–Trinajstić information content (AvgIpc) is 3.32. The number of hydrogen-bond donors (Lipinski definition) is 0. The monoisotopic (exact) mass is 312 g/mol. The maximum atomic E-state index is 12.2. The van der Waals surface area contributed by atoms with Crippen LogP contribution in [0.4, 0.5) is 0 Å². The predicted octanol–water partition coefficient (Wildman–Crippen LogP) is 4.77. The second-order valence-electron chi connectivity index (χ2n) is 7.66. The van der Waals surface area contributed by atoms with Gasteiger partial charge in [0, 0.05) is 12.3 Å². The van der Waals surface area contributed by atoms with Crippen LogP contribution in [0.5, 0.6) is 0 Å². The zero-order valence-electron chi connectivity index (χ0n) is 14.8. The van der Waals surface area contributed by atoms with Crippen LogP contribution in [-0.4, -0.2) is 11.6 Å². The Kier molecular flexibility index (Phi) is 5.52. The van der Waals surface area contributed by atoms with Gasteiger partial charge in [-0.25, -0.2) is 0 Å². The van der Waals surface area contributed by atoms with E-state index < -0.39 is 11.0 Å². The van der Waals surface area contributed by atoms with Gasteiger partial charge in [0.1, 0.15) is 0 Å². The smallest absolute Gasteiger partial charge is 0.312 e. The number of unbranched alkanes of at least 4 members (excludes halogenated alkanes) is 1. The molecule has 0 aliphatic heterocycles. The van der Waals surface area contributed by atoms with E-state index in [-0.39, 0.29) is 5.97 Å². The van der Waals surface area contributed by atoms with E-state index in [0.717, 1.165) is 32.1 Å². The number of rotatable bonds is 5. The van der Waals surface area contributed by atoms with Crippen LogP contribution in [0.3, 0.4) is 0 Å². The van der Waals surface area contributed by atoms with Crippen LogP contribution in [0.15, 0.2) is 30.3 Å². The number of aryl methyl sites for hydroxylation is 1. The Morgan fingerprint density at radius 1 is 1.17 bits per heavy atom. The molecule has 23 heavy (non-hydrogen) atoms. The second-order valence-corrected chi connectivity index (χ2v) is 7.66. The van der Waals surface area contributed by atoms with Crippen LogP contribution in [0.2, 0.25) is 0 Å². The highest BCUT2D eigenvalue weighted by atomic mass is 16.6. The molecule has 0 bridgehead atoms. The molecule has 0 aromatic heterocycles. The maximum Gasteiger partial charge on any atom is 0.312 e. The third kappa shape index (κ3) is 5.43. The number of carbonyl (C=O) groups is 1. The molecule has 2 rings (SSSR count). The molecule has 0 amide bonds. The number of ether oxygens (including phenoxy) is 1. The quantitative estimate of drug-likeness (QED) is 0.445. The molecule has 1 atom stereocenters. The molecule has 1 fully saturated rings. The van der Waals surface area contributed by atoms with Crippen molar-refractivity contribution in [3.05, 3.63) is 35.9 Å². The fourth-order valence-electron chi connectivity index (χ4n) is 2.45. The first-order valence-corrected chi connectivity index (χ1v) is 8.59. The summed E-state index contributed by atoms with van der Waals surface area (Å²) in [6.07, 6.45) is 5.12. The molecule has 124 valence electrons. The van der Waals surface area contributed by atoms with Gasteiger partial charge in [0.05, 0.1) is 5.41 Å². The summed E-state index contributed by atoms with van der Waals surface area (Å²) in [6.45, 7) is 7.63. The fourth-order valence-corrected chi connectivity index (χ4v) is 2.45. The minimum Gasteiger partial charge on any atom is -0.445 e. The van der Waals surface area contributed by atoms with Gasteiger partial charge in [-0.1, -0.05) is 42.2 Å². The molecule has 0 heterocycles. The Bertz CT molecular complexity index is 582. The maximum absolute atomic E-state index is 12.2. The third-order valence-electron chi connectivity index (χ3n) is 4.22. The molecule has 0 N–H and O–H groups in total. The van der Waals surface area contributed by atoms with Gasteiger partial charge in [0.25, 0.3) is 0 Å². The van der Waals surface area contributed by atoms with Gasteiger partial charge in [-0.05, 0) is 58.9 Å². The van der Waals surface area contributed by atoms with E-state index in [1.54, 1.807) is 0 Å². The normalized spacial score (nSPS) is 16.9. The highest BCUT2D eigenvalue weighted by molar-refractivity contribution is 5.76. The molecule has 1 saturated carbocycles. The van der Waals surface area contributed by atoms with E-state index in [4.69, 9.17) is 4.74 Å². The SMILES string of the molecule is CC(C)(C)C(=O)OC(C)(C#CCCCc1ccccc1)C1CC1. The molecule has 1 unspecified atom stereocenters.